The highest BCUT2D eigenvalue weighted by Crippen LogP contribution is 2.19. The molecule has 0 aliphatic heterocycles. The Hall–Kier alpha value is -1.73. The van der Waals surface area contributed by atoms with Crippen LogP contribution >= 0.6 is 0 Å². The first kappa shape index (κ1) is 15.3. The summed E-state index contributed by atoms with van der Waals surface area (Å²) in [7, 11) is 3.69. The molecule has 0 fully saturated rings. The van der Waals surface area contributed by atoms with E-state index in [0.717, 1.165) is 30.9 Å². The summed E-state index contributed by atoms with van der Waals surface area (Å²) in [6, 6.07) is 10.3. The summed E-state index contributed by atoms with van der Waals surface area (Å²) < 4.78 is 5.14. The molecule has 4 heteroatoms. The minimum absolute atomic E-state index is 0.463. The highest BCUT2D eigenvalue weighted by molar-refractivity contribution is 5.48. The van der Waals surface area contributed by atoms with Gasteiger partial charge in [0, 0.05) is 19.3 Å². The Morgan fingerprint density at radius 3 is 2.47 bits per heavy atom. The molecule has 0 amide bonds. The average molecular weight is 261 g/mol. The quantitative estimate of drug-likeness (QED) is 0.819. The van der Waals surface area contributed by atoms with E-state index in [0.29, 0.717) is 0 Å². The third kappa shape index (κ3) is 4.46. The molecule has 1 unspecified atom stereocenters. The predicted octanol–water partition coefficient (Wildman–Crippen LogP) is 2.41. The Balaban J connectivity index is 2.59. The average Bonchev–Trinajstić information content (AvgIpc) is 2.45. The van der Waals surface area contributed by atoms with Gasteiger partial charge in [-0.3, -0.25) is 5.32 Å². The topological polar surface area (TPSA) is 48.3 Å². The number of rotatable bonds is 7. The lowest BCUT2D eigenvalue weighted by atomic mass is 9.99. The highest BCUT2D eigenvalue weighted by Gasteiger charge is 2.22. The minimum atomic E-state index is -0.463. The molecule has 1 aromatic rings. The first-order valence-corrected chi connectivity index (χ1v) is 6.56. The molecule has 104 valence electrons. The maximum atomic E-state index is 9.22. The number of hydrogen-bond acceptors (Lipinski definition) is 4. The van der Waals surface area contributed by atoms with Crippen molar-refractivity contribution < 1.29 is 4.74 Å². The monoisotopic (exact) mass is 261 g/mol. The number of nitrogens with zero attached hydrogens (tertiary/aromatic N) is 2. The van der Waals surface area contributed by atoms with Crippen molar-refractivity contribution in [1.82, 2.24) is 5.32 Å². The third-order valence-corrected chi connectivity index (χ3v) is 3.27. The summed E-state index contributed by atoms with van der Waals surface area (Å²) in [6.45, 7) is 5.58. The van der Waals surface area contributed by atoms with Crippen molar-refractivity contribution in [1.29, 1.82) is 5.26 Å². The Morgan fingerprint density at radius 2 is 2.00 bits per heavy atom. The zero-order chi connectivity index (χ0) is 14.3. The fourth-order valence-electron chi connectivity index (χ4n) is 1.93. The fourth-order valence-corrected chi connectivity index (χ4v) is 1.93. The van der Waals surface area contributed by atoms with Crippen LogP contribution in [0.2, 0.25) is 0 Å². The number of ether oxygens (including phenoxy) is 1. The molecule has 0 bridgehead atoms. The van der Waals surface area contributed by atoms with Crippen LogP contribution in [0.3, 0.4) is 0 Å². The van der Waals surface area contributed by atoms with Crippen molar-refractivity contribution in [3.63, 3.8) is 0 Å². The summed E-state index contributed by atoms with van der Waals surface area (Å²) in [5, 5.41) is 12.4. The van der Waals surface area contributed by atoms with Crippen molar-refractivity contribution in [2.75, 3.05) is 32.1 Å². The van der Waals surface area contributed by atoms with Gasteiger partial charge in [0.2, 0.25) is 0 Å². The second kappa shape index (κ2) is 7.01. The van der Waals surface area contributed by atoms with Gasteiger partial charge in [0.1, 0.15) is 11.3 Å². The number of methoxy groups -OCH3 is 1. The van der Waals surface area contributed by atoms with E-state index in [-0.39, 0.29) is 0 Å². The van der Waals surface area contributed by atoms with Crippen molar-refractivity contribution in [3.8, 4) is 11.8 Å². The Bertz CT molecular complexity index is 424. The molecule has 0 aromatic heterocycles. The van der Waals surface area contributed by atoms with Gasteiger partial charge in [0.05, 0.1) is 13.2 Å². The highest BCUT2D eigenvalue weighted by atomic mass is 16.5. The van der Waals surface area contributed by atoms with Gasteiger partial charge in [-0.25, -0.2) is 0 Å². The number of benzene rings is 1. The van der Waals surface area contributed by atoms with E-state index in [2.05, 4.69) is 16.3 Å². The normalized spacial score (nSPS) is 13.4. The van der Waals surface area contributed by atoms with Crippen LogP contribution in [0.4, 0.5) is 5.69 Å². The van der Waals surface area contributed by atoms with Crippen molar-refractivity contribution in [2.45, 2.75) is 25.8 Å². The van der Waals surface area contributed by atoms with Crippen molar-refractivity contribution in [3.05, 3.63) is 24.3 Å². The Labute approximate surface area is 116 Å². The van der Waals surface area contributed by atoms with Gasteiger partial charge in [-0.2, -0.15) is 5.26 Å². The van der Waals surface area contributed by atoms with Crippen LogP contribution in [-0.4, -0.2) is 32.8 Å². The zero-order valence-corrected chi connectivity index (χ0v) is 12.2. The molecule has 0 spiro atoms. The number of nitrogens with one attached hydrogen (secondary N) is 1. The van der Waals surface area contributed by atoms with E-state index >= 15 is 0 Å². The van der Waals surface area contributed by atoms with Gasteiger partial charge in [0.15, 0.2) is 0 Å². The predicted molar refractivity (Wildman–Crippen MR) is 78.6 cm³/mol. The second-order valence-corrected chi connectivity index (χ2v) is 4.84. The minimum Gasteiger partial charge on any atom is -0.497 e. The van der Waals surface area contributed by atoms with Gasteiger partial charge in [-0.05, 0) is 44.2 Å². The second-order valence-electron chi connectivity index (χ2n) is 4.84. The summed E-state index contributed by atoms with van der Waals surface area (Å²) in [4.78, 5) is 2.15. The van der Waals surface area contributed by atoms with Crippen LogP contribution in [0.15, 0.2) is 24.3 Å². The van der Waals surface area contributed by atoms with Crippen molar-refractivity contribution in [2.24, 2.45) is 0 Å². The van der Waals surface area contributed by atoms with Crippen LogP contribution in [0, 0.1) is 11.3 Å². The lowest BCUT2D eigenvalue weighted by molar-refractivity contribution is 0.414. The molecule has 0 saturated heterocycles. The van der Waals surface area contributed by atoms with Crippen LogP contribution in [0.25, 0.3) is 0 Å². The maximum Gasteiger partial charge on any atom is 0.119 e. The lowest BCUT2D eigenvalue weighted by Crippen LogP contribution is -2.43. The molecule has 4 nitrogen and oxygen atoms in total. The molecule has 0 aliphatic carbocycles. The first-order chi connectivity index (χ1) is 9.04. The molecule has 1 N–H and O–H groups in total. The molecule has 1 rings (SSSR count). The number of anilines is 1. The van der Waals surface area contributed by atoms with Crippen molar-refractivity contribution >= 4 is 5.69 Å². The van der Waals surface area contributed by atoms with E-state index in [1.54, 1.807) is 7.11 Å². The zero-order valence-electron chi connectivity index (χ0n) is 12.2. The molecular formula is C15H23N3O. The van der Waals surface area contributed by atoms with Crippen LogP contribution in [0.5, 0.6) is 5.75 Å². The SMILES string of the molecule is CCNC(C)(C#N)CCN(C)c1ccc(OC)cc1. The van der Waals surface area contributed by atoms with Gasteiger partial charge in [-0.1, -0.05) is 6.92 Å². The van der Waals surface area contributed by atoms with E-state index in [4.69, 9.17) is 4.74 Å². The summed E-state index contributed by atoms with van der Waals surface area (Å²) in [5.41, 5.74) is 0.660. The maximum absolute atomic E-state index is 9.22. The Morgan fingerprint density at radius 1 is 1.37 bits per heavy atom. The standard InChI is InChI=1S/C15H23N3O/c1-5-17-15(2,12-16)10-11-18(3)13-6-8-14(19-4)9-7-13/h6-9,17H,5,10-11H2,1-4H3. The van der Waals surface area contributed by atoms with Gasteiger partial charge in [-0.15, -0.1) is 0 Å². The van der Waals surface area contributed by atoms with Crippen LogP contribution in [0.1, 0.15) is 20.3 Å². The smallest absolute Gasteiger partial charge is 0.119 e. The van der Waals surface area contributed by atoms with Crippen LogP contribution in [-0.2, 0) is 0 Å². The number of hydrogen-bond donors (Lipinski definition) is 1. The fraction of sp³-hybridized carbons (Fsp3) is 0.533. The molecular weight excluding hydrogens is 238 g/mol. The Kier molecular flexibility index (Phi) is 5.65. The van der Waals surface area contributed by atoms with E-state index in [9.17, 15) is 5.26 Å². The summed E-state index contributed by atoms with van der Waals surface area (Å²) >= 11 is 0. The molecule has 0 heterocycles. The van der Waals surface area contributed by atoms with E-state index in [1.165, 1.54) is 0 Å². The molecule has 0 saturated carbocycles. The van der Waals surface area contributed by atoms with Gasteiger partial charge in [0.25, 0.3) is 0 Å². The molecule has 0 radical (unpaired) electrons. The summed E-state index contributed by atoms with van der Waals surface area (Å²) in [6.07, 6.45) is 0.778. The molecule has 1 aromatic carbocycles. The summed E-state index contributed by atoms with van der Waals surface area (Å²) in [5.74, 6) is 0.853. The molecule has 1 atom stereocenters. The molecule has 19 heavy (non-hydrogen) atoms. The third-order valence-electron chi connectivity index (χ3n) is 3.27. The van der Waals surface area contributed by atoms with E-state index < -0.39 is 5.54 Å². The van der Waals surface area contributed by atoms with Crippen LogP contribution < -0.4 is 15.0 Å². The largest absolute Gasteiger partial charge is 0.497 e. The first-order valence-electron chi connectivity index (χ1n) is 6.56. The van der Waals surface area contributed by atoms with Gasteiger partial charge < -0.3 is 9.64 Å². The van der Waals surface area contributed by atoms with Gasteiger partial charge >= 0.3 is 0 Å². The molecule has 0 aliphatic rings. The van der Waals surface area contributed by atoms with E-state index in [1.807, 2.05) is 45.2 Å². The number of nitriles is 1. The lowest BCUT2D eigenvalue weighted by Gasteiger charge is -2.27.